The SMILES string of the molecule is CC(C)C(N)CC(=O)N1CCCC1c1cccc(Br)c1. The summed E-state index contributed by atoms with van der Waals surface area (Å²) in [6.45, 7) is 4.97. The number of halogens is 1. The Hall–Kier alpha value is -0.870. The number of carbonyl (C=O) groups excluding carboxylic acids is 1. The van der Waals surface area contributed by atoms with Crippen molar-refractivity contribution in [2.24, 2.45) is 11.7 Å². The molecule has 20 heavy (non-hydrogen) atoms. The van der Waals surface area contributed by atoms with Gasteiger partial charge in [-0.1, -0.05) is 41.9 Å². The van der Waals surface area contributed by atoms with Gasteiger partial charge < -0.3 is 10.6 Å². The van der Waals surface area contributed by atoms with Crippen molar-refractivity contribution in [1.82, 2.24) is 4.90 Å². The molecule has 0 aliphatic carbocycles. The van der Waals surface area contributed by atoms with E-state index in [1.54, 1.807) is 0 Å². The summed E-state index contributed by atoms with van der Waals surface area (Å²) < 4.78 is 1.06. The lowest BCUT2D eigenvalue weighted by Crippen LogP contribution is -2.37. The number of rotatable bonds is 4. The van der Waals surface area contributed by atoms with Gasteiger partial charge in [-0.2, -0.15) is 0 Å². The zero-order valence-corrected chi connectivity index (χ0v) is 13.8. The molecule has 0 saturated carbocycles. The molecule has 0 spiro atoms. The van der Waals surface area contributed by atoms with Crippen molar-refractivity contribution in [3.05, 3.63) is 34.3 Å². The largest absolute Gasteiger partial charge is 0.336 e. The van der Waals surface area contributed by atoms with Gasteiger partial charge in [0.25, 0.3) is 0 Å². The predicted molar refractivity (Wildman–Crippen MR) is 85.3 cm³/mol. The highest BCUT2D eigenvalue weighted by atomic mass is 79.9. The van der Waals surface area contributed by atoms with Crippen LogP contribution in [0, 0.1) is 5.92 Å². The molecule has 1 fully saturated rings. The maximum atomic E-state index is 12.5. The minimum absolute atomic E-state index is 0.0498. The second kappa shape index (κ2) is 6.72. The molecule has 2 rings (SSSR count). The van der Waals surface area contributed by atoms with E-state index in [-0.39, 0.29) is 18.0 Å². The lowest BCUT2D eigenvalue weighted by atomic mass is 10.0. The van der Waals surface area contributed by atoms with Crippen LogP contribution < -0.4 is 5.73 Å². The molecular formula is C16H23BrN2O. The summed E-state index contributed by atoms with van der Waals surface area (Å²) in [6.07, 6.45) is 2.56. The van der Waals surface area contributed by atoms with Gasteiger partial charge in [0, 0.05) is 23.5 Å². The van der Waals surface area contributed by atoms with Crippen molar-refractivity contribution in [1.29, 1.82) is 0 Å². The predicted octanol–water partition coefficient (Wildman–Crippen LogP) is 3.49. The van der Waals surface area contributed by atoms with Gasteiger partial charge in [-0.25, -0.2) is 0 Å². The zero-order chi connectivity index (χ0) is 14.7. The Morgan fingerprint density at radius 1 is 1.50 bits per heavy atom. The van der Waals surface area contributed by atoms with Crippen LogP contribution in [0.3, 0.4) is 0 Å². The zero-order valence-electron chi connectivity index (χ0n) is 12.2. The van der Waals surface area contributed by atoms with E-state index in [0.29, 0.717) is 12.3 Å². The minimum Gasteiger partial charge on any atom is -0.336 e. The second-order valence-corrected chi connectivity index (χ2v) is 6.83. The molecule has 0 radical (unpaired) electrons. The average molecular weight is 339 g/mol. The molecule has 0 aromatic heterocycles. The van der Waals surface area contributed by atoms with E-state index in [4.69, 9.17) is 5.73 Å². The number of likely N-dealkylation sites (tertiary alicyclic amines) is 1. The van der Waals surface area contributed by atoms with Crippen LogP contribution in [-0.4, -0.2) is 23.4 Å². The van der Waals surface area contributed by atoms with Crippen molar-refractivity contribution < 1.29 is 4.79 Å². The summed E-state index contributed by atoms with van der Waals surface area (Å²) in [7, 11) is 0. The van der Waals surface area contributed by atoms with Crippen molar-refractivity contribution in [2.75, 3.05) is 6.54 Å². The van der Waals surface area contributed by atoms with Gasteiger partial charge in [-0.05, 0) is 36.5 Å². The molecular weight excluding hydrogens is 316 g/mol. The van der Waals surface area contributed by atoms with Gasteiger partial charge in [-0.15, -0.1) is 0 Å². The molecule has 1 aliphatic rings. The maximum absolute atomic E-state index is 12.5. The first-order chi connectivity index (χ1) is 9.49. The molecule has 2 atom stereocenters. The van der Waals surface area contributed by atoms with Gasteiger partial charge in [-0.3, -0.25) is 4.79 Å². The smallest absolute Gasteiger partial charge is 0.224 e. The van der Waals surface area contributed by atoms with E-state index in [1.807, 2.05) is 17.0 Å². The maximum Gasteiger partial charge on any atom is 0.224 e. The molecule has 1 aliphatic heterocycles. The van der Waals surface area contributed by atoms with Gasteiger partial charge in [0.2, 0.25) is 5.91 Å². The Labute approximate surface area is 129 Å². The topological polar surface area (TPSA) is 46.3 Å². The van der Waals surface area contributed by atoms with Gasteiger partial charge in [0.15, 0.2) is 0 Å². The normalized spacial score (nSPS) is 20.4. The number of carbonyl (C=O) groups is 1. The van der Waals surface area contributed by atoms with Crippen LogP contribution in [0.15, 0.2) is 28.7 Å². The second-order valence-electron chi connectivity index (χ2n) is 5.91. The average Bonchev–Trinajstić information content (AvgIpc) is 2.87. The molecule has 4 heteroatoms. The monoisotopic (exact) mass is 338 g/mol. The van der Waals surface area contributed by atoms with Crippen LogP contribution in [0.5, 0.6) is 0 Å². The van der Waals surface area contributed by atoms with E-state index in [0.717, 1.165) is 23.9 Å². The number of hydrogen-bond acceptors (Lipinski definition) is 2. The van der Waals surface area contributed by atoms with Crippen LogP contribution >= 0.6 is 15.9 Å². The van der Waals surface area contributed by atoms with Crippen molar-refractivity contribution in [3.63, 3.8) is 0 Å². The molecule has 1 aromatic rings. The number of hydrogen-bond donors (Lipinski definition) is 1. The fraction of sp³-hybridized carbons (Fsp3) is 0.562. The molecule has 0 bridgehead atoms. The Bertz CT molecular complexity index is 475. The standard InChI is InChI=1S/C16H23BrN2O/c1-11(2)14(18)10-16(20)19-8-4-7-15(19)12-5-3-6-13(17)9-12/h3,5-6,9,11,14-15H,4,7-8,10,18H2,1-2H3. The fourth-order valence-electron chi connectivity index (χ4n) is 2.68. The summed E-state index contributed by atoms with van der Waals surface area (Å²) in [5.41, 5.74) is 7.25. The van der Waals surface area contributed by atoms with Crippen LogP contribution in [-0.2, 0) is 4.79 Å². The quantitative estimate of drug-likeness (QED) is 0.913. The lowest BCUT2D eigenvalue weighted by Gasteiger charge is -2.27. The summed E-state index contributed by atoms with van der Waals surface area (Å²) in [6, 6.07) is 8.41. The minimum atomic E-state index is -0.0498. The molecule has 1 aromatic carbocycles. The van der Waals surface area contributed by atoms with Crippen LogP contribution in [0.2, 0.25) is 0 Å². The van der Waals surface area contributed by atoms with E-state index in [9.17, 15) is 4.79 Å². The third-order valence-corrected chi connectivity index (χ3v) is 4.57. The highest BCUT2D eigenvalue weighted by molar-refractivity contribution is 9.10. The number of amides is 1. The van der Waals surface area contributed by atoms with Gasteiger partial charge in [0.1, 0.15) is 0 Å². The number of benzene rings is 1. The third kappa shape index (κ3) is 3.61. The Morgan fingerprint density at radius 3 is 2.90 bits per heavy atom. The molecule has 2 unspecified atom stereocenters. The van der Waals surface area contributed by atoms with E-state index in [2.05, 4.69) is 41.9 Å². The molecule has 110 valence electrons. The summed E-state index contributed by atoms with van der Waals surface area (Å²) >= 11 is 3.50. The van der Waals surface area contributed by atoms with Crippen LogP contribution in [0.4, 0.5) is 0 Å². The number of nitrogens with two attached hydrogens (primary N) is 1. The van der Waals surface area contributed by atoms with E-state index >= 15 is 0 Å². The van der Waals surface area contributed by atoms with Crippen LogP contribution in [0.1, 0.15) is 44.7 Å². The first-order valence-corrected chi connectivity index (χ1v) is 8.09. The fourth-order valence-corrected chi connectivity index (χ4v) is 3.10. The van der Waals surface area contributed by atoms with Crippen molar-refractivity contribution >= 4 is 21.8 Å². The molecule has 1 saturated heterocycles. The highest BCUT2D eigenvalue weighted by Crippen LogP contribution is 2.33. The Balaban J connectivity index is 2.09. The summed E-state index contributed by atoms with van der Waals surface area (Å²) in [4.78, 5) is 14.5. The van der Waals surface area contributed by atoms with Crippen molar-refractivity contribution in [2.45, 2.75) is 45.2 Å². The van der Waals surface area contributed by atoms with Gasteiger partial charge in [0.05, 0.1) is 6.04 Å². The van der Waals surface area contributed by atoms with Crippen LogP contribution in [0.25, 0.3) is 0 Å². The van der Waals surface area contributed by atoms with Crippen molar-refractivity contribution in [3.8, 4) is 0 Å². The Kier molecular flexibility index (Phi) is 5.22. The molecule has 1 heterocycles. The lowest BCUT2D eigenvalue weighted by molar-refractivity contribution is -0.132. The Morgan fingerprint density at radius 2 is 2.25 bits per heavy atom. The third-order valence-electron chi connectivity index (χ3n) is 4.07. The first-order valence-electron chi connectivity index (χ1n) is 7.29. The van der Waals surface area contributed by atoms with E-state index in [1.165, 1.54) is 5.56 Å². The molecule has 1 amide bonds. The summed E-state index contributed by atoms with van der Waals surface area (Å²) in [5, 5.41) is 0. The molecule has 2 N–H and O–H groups in total. The van der Waals surface area contributed by atoms with E-state index < -0.39 is 0 Å². The molecule has 3 nitrogen and oxygen atoms in total. The first kappa shape index (κ1) is 15.5. The highest BCUT2D eigenvalue weighted by Gasteiger charge is 2.30. The van der Waals surface area contributed by atoms with Gasteiger partial charge >= 0.3 is 0 Å². The number of nitrogens with zero attached hydrogens (tertiary/aromatic N) is 1. The summed E-state index contributed by atoms with van der Waals surface area (Å²) in [5.74, 6) is 0.527.